The van der Waals surface area contributed by atoms with Gasteiger partial charge in [0.25, 0.3) is 5.69 Å². The lowest BCUT2D eigenvalue weighted by atomic mass is 10.1. The van der Waals surface area contributed by atoms with E-state index < -0.39 is 0 Å². The average molecular weight is 414 g/mol. The van der Waals surface area contributed by atoms with E-state index in [-0.39, 0.29) is 27.6 Å². The maximum Gasteiger partial charge on any atom is 0.269 e. The van der Waals surface area contributed by atoms with Gasteiger partial charge in [0.05, 0.1) is 10.6 Å². The highest BCUT2D eigenvalue weighted by Gasteiger charge is 2.10. The Morgan fingerprint density at radius 2 is 1.83 bits per heavy atom. The Bertz CT molecular complexity index is 707. The van der Waals surface area contributed by atoms with E-state index in [9.17, 15) is 10.1 Å². The van der Waals surface area contributed by atoms with Gasteiger partial charge in [-0.05, 0) is 30.5 Å². The van der Waals surface area contributed by atoms with E-state index in [0.717, 1.165) is 54.8 Å². The van der Waals surface area contributed by atoms with E-state index in [1.54, 1.807) is 23.5 Å². The molecule has 5 nitrogen and oxygen atoms in total. The highest BCUT2D eigenvalue weighted by molar-refractivity contribution is 8.93. The number of hydrogen-bond acceptors (Lipinski definition) is 4. The smallest absolute Gasteiger partial charge is 0.269 e. The van der Waals surface area contributed by atoms with E-state index in [0.29, 0.717) is 0 Å². The molecule has 0 N–H and O–H groups in total. The third kappa shape index (κ3) is 5.27. The molecule has 0 unspecified atom stereocenters. The van der Waals surface area contributed by atoms with Crippen LogP contribution in [-0.2, 0) is 6.54 Å². The van der Waals surface area contributed by atoms with E-state index in [2.05, 4.69) is 23.8 Å². The van der Waals surface area contributed by atoms with Crippen molar-refractivity contribution >= 4 is 34.0 Å². The molecule has 0 radical (unpaired) electrons. The Labute approximate surface area is 157 Å². The van der Waals surface area contributed by atoms with E-state index >= 15 is 0 Å². The highest BCUT2D eigenvalue weighted by Crippen LogP contribution is 2.23. The first kappa shape index (κ1) is 20.6. The summed E-state index contributed by atoms with van der Waals surface area (Å²) in [5.41, 5.74) is 2.21. The average Bonchev–Trinajstić information content (AvgIpc) is 2.96. The molecule has 2 aromatic rings. The van der Waals surface area contributed by atoms with Crippen molar-refractivity contribution in [3.05, 3.63) is 44.6 Å². The van der Waals surface area contributed by atoms with Gasteiger partial charge in [0.2, 0.25) is 0 Å². The first-order valence-electron chi connectivity index (χ1n) is 8.11. The van der Waals surface area contributed by atoms with Crippen molar-refractivity contribution < 1.29 is 4.92 Å². The van der Waals surface area contributed by atoms with Gasteiger partial charge in [0, 0.05) is 30.6 Å². The molecule has 0 aliphatic rings. The number of aromatic nitrogens is 1. The molecule has 0 spiro atoms. The predicted molar refractivity (Wildman–Crippen MR) is 105 cm³/mol. The van der Waals surface area contributed by atoms with Crippen molar-refractivity contribution in [2.75, 3.05) is 6.54 Å². The number of nitrogens with zero attached hydrogens (tertiary/aromatic N) is 3. The summed E-state index contributed by atoms with van der Waals surface area (Å²) in [6.45, 7) is 6.11. The van der Waals surface area contributed by atoms with Gasteiger partial charge in [-0.15, -0.1) is 28.3 Å². The lowest BCUT2D eigenvalue weighted by Crippen LogP contribution is -2.16. The second-order valence-electron chi connectivity index (χ2n) is 5.45. The van der Waals surface area contributed by atoms with Gasteiger partial charge in [-0.3, -0.25) is 15.1 Å². The minimum absolute atomic E-state index is 0. The molecule has 24 heavy (non-hydrogen) atoms. The van der Waals surface area contributed by atoms with Gasteiger partial charge in [0.15, 0.2) is 4.80 Å². The molecule has 0 aliphatic carbocycles. The molecule has 1 aromatic carbocycles. The van der Waals surface area contributed by atoms with Crippen LogP contribution in [0.15, 0.2) is 34.6 Å². The van der Waals surface area contributed by atoms with Crippen LogP contribution in [0.5, 0.6) is 0 Å². The van der Waals surface area contributed by atoms with Crippen molar-refractivity contribution in [1.29, 1.82) is 0 Å². The fourth-order valence-electron chi connectivity index (χ4n) is 2.30. The number of unbranched alkanes of at least 4 members (excludes halogenated alkanes) is 2. The van der Waals surface area contributed by atoms with Gasteiger partial charge >= 0.3 is 0 Å². The molecule has 7 heteroatoms. The number of non-ortho nitro benzene ring substituents is 1. The van der Waals surface area contributed by atoms with Crippen LogP contribution in [0.3, 0.4) is 0 Å². The first-order valence-corrected chi connectivity index (χ1v) is 8.99. The van der Waals surface area contributed by atoms with Crippen LogP contribution < -0.4 is 4.80 Å². The molecular formula is C17H24BrN3O2S. The summed E-state index contributed by atoms with van der Waals surface area (Å²) in [7, 11) is 0. The van der Waals surface area contributed by atoms with Gasteiger partial charge in [-0.2, -0.15) is 0 Å². The van der Waals surface area contributed by atoms with Crippen molar-refractivity contribution in [3.63, 3.8) is 0 Å². The van der Waals surface area contributed by atoms with Crippen LogP contribution in [0.1, 0.15) is 39.5 Å². The number of thiazole rings is 1. The normalized spacial score (nSPS) is 11.3. The molecule has 1 heterocycles. The fraction of sp³-hybridized carbons (Fsp3) is 0.471. The number of nitro groups is 1. The molecule has 0 fully saturated rings. The van der Waals surface area contributed by atoms with Crippen LogP contribution in [-0.4, -0.2) is 16.0 Å². The van der Waals surface area contributed by atoms with Crippen LogP contribution in [0.2, 0.25) is 0 Å². The molecule has 0 aliphatic heterocycles. The van der Waals surface area contributed by atoms with Crippen molar-refractivity contribution in [2.24, 2.45) is 4.99 Å². The quantitative estimate of drug-likeness (QED) is 0.339. The molecule has 0 bridgehead atoms. The monoisotopic (exact) mass is 413 g/mol. The zero-order valence-electron chi connectivity index (χ0n) is 14.1. The number of halogens is 1. The summed E-state index contributed by atoms with van der Waals surface area (Å²) in [6.07, 6.45) is 4.45. The lowest BCUT2D eigenvalue weighted by Gasteiger charge is -2.08. The SMILES string of the molecule is Br.CCCCN=c1scc(-c2ccc([N+](=O)[O-])cc2)n1CCCC. The number of benzene rings is 1. The summed E-state index contributed by atoms with van der Waals surface area (Å²) in [4.78, 5) is 16.2. The number of rotatable bonds is 8. The summed E-state index contributed by atoms with van der Waals surface area (Å²) in [5.74, 6) is 0. The van der Waals surface area contributed by atoms with Gasteiger partial charge < -0.3 is 4.57 Å². The Hall–Kier alpha value is -1.47. The maximum atomic E-state index is 10.8. The molecular weight excluding hydrogens is 390 g/mol. The van der Waals surface area contributed by atoms with Crippen molar-refractivity contribution in [1.82, 2.24) is 4.57 Å². The third-order valence-corrected chi connectivity index (χ3v) is 4.57. The van der Waals surface area contributed by atoms with Gasteiger partial charge in [-0.1, -0.05) is 26.7 Å². The van der Waals surface area contributed by atoms with E-state index in [4.69, 9.17) is 4.99 Å². The molecule has 132 valence electrons. The van der Waals surface area contributed by atoms with Crippen molar-refractivity contribution in [3.8, 4) is 11.3 Å². The predicted octanol–water partition coefficient (Wildman–Crippen LogP) is 5.20. The Morgan fingerprint density at radius 3 is 2.42 bits per heavy atom. The van der Waals surface area contributed by atoms with E-state index in [1.807, 2.05) is 12.1 Å². The lowest BCUT2D eigenvalue weighted by molar-refractivity contribution is -0.384. The topological polar surface area (TPSA) is 60.4 Å². The second-order valence-corrected chi connectivity index (χ2v) is 6.28. The molecule has 1 aromatic heterocycles. The fourth-order valence-corrected chi connectivity index (χ4v) is 3.27. The first-order chi connectivity index (χ1) is 11.2. The molecule has 0 saturated carbocycles. The minimum atomic E-state index is -0.367. The standard InChI is InChI=1S/C17H23N3O2S.BrH/c1-3-5-11-18-17-19(12-6-4-2)16(13-23-17)14-7-9-15(10-8-14)20(21)22;/h7-10,13H,3-6,11-12H2,1-2H3;1H. The molecule has 0 saturated heterocycles. The van der Waals surface area contributed by atoms with Crippen molar-refractivity contribution in [2.45, 2.75) is 46.1 Å². The third-order valence-electron chi connectivity index (χ3n) is 3.67. The maximum absolute atomic E-state index is 10.8. The summed E-state index contributed by atoms with van der Waals surface area (Å²) in [5, 5.41) is 12.9. The molecule has 2 rings (SSSR count). The molecule has 0 amide bonds. The Morgan fingerprint density at radius 1 is 1.17 bits per heavy atom. The summed E-state index contributed by atoms with van der Waals surface area (Å²) < 4.78 is 2.24. The Balaban J connectivity index is 0.00000288. The van der Waals surface area contributed by atoms with Gasteiger partial charge in [0.1, 0.15) is 0 Å². The summed E-state index contributed by atoms with van der Waals surface area (Å²) in [6, 6.07) is 6.76. The van der Waals surface area contributed by atoms with E-state index in [1.165, 1.54) is 0 Å². The van der Waals surface area contributed by atoms with Crippen LogP contribution in [0.4, 0.5) is 5.69 Å². The molecule has 0 atom stereocenters. The highest BCUT2D eigenvalue weighted by atomic mass is 79.9. The summed E-state index contributed by atoms with van der Waals surface area (Å²) >= 11 is 1.64. The second kappa shape index (κ2) is 10.4. The largest absolute Gasteiger partial charge is 0.317 e. The van der Waals surface area contributed by atoms with Crippen LogP contribution in [0, 0.1) is 10.1 Å². The Kier molecular flexibility index (Phi) is 8.92. The minimum Gasteiger partial charge on any atom is -0.317 e. The van der Waals surface area contributed by atoms with Crippen LogP contribution >= 0.6 is 28.3 Å². The number of nitro benzene ring substituents is 1. The van der Waals surface area contributed by atoms with Gasteiger partial charge in [-0.25, -0.2) is 0 Å². The number of hydrogen-bond donors (Lipinski definition) is 0. The van der Waals surface area contributed by atoms with Crippen LogP contribution in [0.25, 0.3) is 11.3 Å². The zero-order valence-corrected chi connectivity index (χ0v) is 16.6. The zero-order chi connectivity index (χ0) is 16.7.